The summed E-state index contributed by atoms with van der Waals surface area (Å²) in [6.07, 6.45) is 1.81. The van der Waals surface area contributed by atoms with Gasteiger partial charge in [0.15, 0.2) is 0 Å². The van der Waals surface area contributed by atoms with Gasteiger partial charge in [-0.25, -0.2) is 0 Å². The number of anilines is 1. The van der Waals surface area contributed by atoms with Crippen molar-refractivity contribution in [3.8, 4) is 22.5 Å². The van der Waals surface area contributed by atoms with Crippen molar-refractivity contribution in [2.75, 3.05) is 11.9 Å². The fraction of sp³-hybridized carbons (Fsp3) is 0.286. The van der Waals surface area contributed by atoms with E-state index in [1.165, 1.54) is 0 Å². The molecule has 0 N–H and O–H groups in total. The summed E-state index contributed by atoms with van der Waals surface area (Å²) >= 11 is 0. The molecular formula is C21H22N4O. The van der Waals surface area contributed by atoms with Crippen molar-refractivity contribution in [2.45, 2.75) is 26.2 Å². The number of benzene rings is 1. The molecule has 26 heavy (non-hydrogen) atoms. The number of nitrogens with zero attached hydrogens (tertiary/aromatic N) is 4. The molecule has 0 atom stereocenters. The summed E-state index contributed by atoms with van der Waals surface area (Å²) < 4.78 is 1.89. The third kappa shape index (κ3) is 2.35. The van der Waals surface area contributed by atoms with Gasteiger partial charge in [0.2, 0.25) is 5.91 Å². The average molecular weight is 346 g/mol. The highest BCUT2D eigenvalue weighted by atomic mass is 16.2. The van der Waals surface area contributed by atoms with Crippen LogP contribution in [0.1, 0.15) is 25.1 Å². The molecule has 0 aliphatic carbocycles. The van der Waals surface area contributed by atoms with Crippen molar-refractivity contribution >= 4 is 11.6 Å². The van der Waals surface area contributed by atoms with E-state index < -0.39 is 5.41 Å². The van der Waals surface area contributed by atoms with Crippen molar-refractivity contribution in [3.05, 3.63) is 53.9 Å². The second-order valence-electron chi connectivity index (χ2n) is 7.45. The Kier molecular flexibility index (Phi) is 3.51. The van der Waals surface area contributed by atoms with Crippen LogP contribution in [0.25, 0.3) is 22.5 Å². The second-order valence-corrected chi connectivity index (χ2v) is 7.45. The minimum Gasteiger partial charge on any atom is -0.314 e. The highest BCUT2D eigenvalue weighted by molar-refractivity contribution is 6.07. The van der Waals surface area contributed by atoms with E-state index >= 15 is 0 Å². The van der Waals surface area contributed by atoms with Gasteiger partial charge in [-0.1, -0.05) is 12.1 Å². The van der Waals surface area contributed by atoms with Crippen LogP contribution in [-0.4, -0.2) is 27.7 Å². The lowest BCUT2D eigenvalue weighted by atomic mass is 9.85. The van der Waals surface area contributed by atoms with E-state index in [0.29, 0.717) is 0 Å². The third-order valence-corrected chi connectivity index (χ3v) is 5.24. The lowest BCUT2D eigenvalue weighted by Gasteiger charge is -2.16. The molecule has 132 valence electrons. The predicted molar refractivity (Wildman–Crippen MR) is 103 cm³/mol. The molecule has 5 nitrogen and oxygen atoms in total. The molecule has 0 spiro atoms. The van der Waals surface area contributed by atoms with Crippen LogP contribution in [0.15, 0.2) is 42.6 Å². The quantitative estimate of drug-likeness (QED) is 0.711. The lowest BCUT2D eigenvalue weighted by Crippen LogP contribution is -2.33. The maximum atomic E-state index is 12.5. The van der Waals surface area contributed by atoms with Crippen LogP contribution in [0.4, 0.5) is 5.69 Å². The molecule has 4 rings (SSSR count). The SMILES string of the molecule is Cc1cc(-c2cc(-c3ccc4c(c3)N(C)C(=O)C4(C)C)nn2C)ccn1. The van der Waals surface area contributed by atoms with Crippen molar-refractivity contribution in [2.24, 2.45) is 7.05 Å². The minimum atomic E-state index is -0.480. The lowest BCUT2D eigenvalue weighted by molar-refractivity contribution is -0.121. The Morgan fingerprint density at radius 3 is 2.50 bits per heavy atom. The van der Waals surface area contributed by atoms with Crippen molar-refractivity contribution in [3.63, 3.8) is 0 Å². The molecule has 2 aromatic heterocycles. The largest absolute Gasteiger partial charge is 0.314 e. The molecule has 0 saturated carbocycles. The number of carbonyl (C=O) groups is 1. The molecular weight excluding hydrogens is 324 g/mol. The second kappa shape index (κ2) is 5.53. The standard InChI is InChI=1S/C21H22N4O/c1-13-10-15(8-9-22-13)18-12-17(23-25(18)5)14-6-7-16-19(11-14)24(4)20(26)21(16,2)3/h6-12H,1-5H3. The summed E-state index contributed by atoms with van der Waals surface area (Å²) in [5.41, 5.74) is 6.55. The third-order valence-electron chi connectivity index (χ3n) is 5.24. The van der Waals surface area contributed by atoms with E-state index in [1.807, 2.05) is 51.8 Å². The Morgan fingerprint density at radius 2 is 1.77 bits per heavy atom. The van der Waals surface area contributed by atoms with Crippen molar-refractivity contribution < 1.29 is 4.79 Å². The number of carbonyl (C=O) groups excluding carboxylic acids is 1. The van der Waals surface area contributed by atoms with Gasteiger partial charge in [-0.2, -0.15) is 5.10 Å². The van der Waals surface area contributed by atoms with Gasteiger partial charge in [0, 0.05) is 42.8 Å². The first kappa shape index (κ1) is 16.5. The molecule has 5 heteroatoms. The monoisotopic (exact) mass is 346 g/mol. The summed E-state index contributed by atoms with van der Waals surface area (Å²) in [7, 11) is 3.78. The molecule has 3 aromatic rings. The van der Waals surface area contributed by atoms with Gasteiger partial charge in [-0.15, -0.1) is 0 Å². The first-order valence-electron chi connectivity index (χ1n) is 8.69. The number of pyridine rings is 1. The topological polar surface area (TPSA) is 51.0 Å². The van der Waals surface area contributed by atoms with Gasteiger partial charge in [-0.3, -0.25) is 14.5 Å². The molecule has 0 saturated heterocycles. The van der Waals surface area contributed by atoms with Crippen LogP contribution in [0.5, 0.6) is 0 Å². The number of hydrogen-bond acceptors (Lipinski definition) is 3. The van der Waals surface area contributed by atoms with E-state index in [2.05, 4.69) is 40.4 Å². The van der Waals surface area contributed by atoms with Crippen LogP contribution in [-0.2, 0) is 17.3 Å². The minimum absolute atomic E-state index is 0.124. The molecule has 0 radical (unpaired) electrons. The Morgan fingerprint density at radius 1 is 1.00 bits per heavy atom. The number of rotatable bonds is 2. The van der Waals surface area contributed by atoms with E-state index in [0.717, 1.165) is 39.5 Å². The predicted octanol–water partition coefficient (Wildman–Crippen LogP) is 3.71. The average Bonchev–Trinajstić information content (AvgIpc) is 3.08. The number of hydrogen-bond donors (Lipinski definition) is 0. The van der Waals surface area contributed by atoms with Gasteiger partial charge >= 0.3 is 0 Å². The summed E-state index contributed by atoms with van der Waals surface area (Å²) in [6.45, 7) is 5.93. The van der Waals surface area contributed by atoms with Gasteiger partial charge in [0.1, 0.15) is 0 Å². The molecule has 1 aromatic carbocycles. The zero-order chi connectivity index (χ0) is 18.6. The summed E-state index contributed by atoms with van der Waals surface area (Å²) in [6, 6.07) is 12.3. The van der Waals surface area contributed by atoms with Gasteiger partial charge in [0.25, 0.3) is 0 Å². The first-order chi connectivity index (χ1) is 12.3. The Hall–Kier alpha value is -2.95. The summed E-state index contributed by atoms with van der Waals surface area (Å²) in [5.74, 6) is 0.124. The molecule has 0 unspecified atom stereocenters. The van der Waals surface area contributed by atoms with Gasteiger partial charge in [0.05, 0.1) is 16.8 Å². The molecule has 0 bridgehead atoms. The van der Waals surface area contributed by atoms with E-state index in [9.17, 15) is 4.79 Å². The zero-order valence-corrected chi connectivity index (χ0v) is 15.7. The number of aryl methyl sites for hydroxylation is 2. The normalized spacial score (nSPS) is 15.4. The fourth-order valence-electron chi connectivity index (χ4n) is 3.72. The smallest absolute Gasteiger partial charge is 0.236 e. The van der Waals surface area contributed by atoms with E-state index in [1.54, 1.807) is 4.90 Å². The van der Waals surface area contributed by atoms with Gasteiger partial charge in [-0.05, 0) is 50.6 Å². The van der Waals surface area contributed by atoms with Crippen LogP contribution in [0, 0.1) is 6.92 Å². The first-order valence-corrected chi connectivity index (χ1v) is 8.69. The fourth-order valence-corrected chi connectivity index (χ4v) is 3.72. The van der Waals surface area contributed by atoms with Crippen molar-refractivity contribution in [1.29, 1.82) is 0 Å². The number of fused-ring (bicyclic) bond motifs is 1. The summed E-state index contributed by atoms with van der Waals surface area (Å²) in [4.78, 5) is 18.5. The Bertz CT molecular complexity index is 1030. The molecule has 0 fully saturated rings. The number of likely N-dealkylation sites (N-methyl/N-ethyl adjacent to an activating group) is 1. The highest BCUT2D eigenvalue weighted by Gasteiger charge is 2.42. The van der Waals surface area contributed by atoms with E-state index in [-0.39, 0.29) is 5.91 Å². The Labute approximate surface area is 153 Å². The molecule has 1 aliphatic rings. The van der Waals surface area contributed by atoms with Crippen molar-refractivity contribution in [1.82, 2.24) is 14.8 Å². The van der Waals surface area contributed by atoms with E-state index in [4.69, 9.17) is 0 Å². The Balaban J connectivity index is 1.79. The highest BCUT2D eigenvalue weighted by Crippen LogP contribution is 2.42. The summed E-state index contributed by atoms with van der Waals surface area (Å²) in [5, 5.41) is 4.69. The van der Waals surface area contributed by atoms with Crippen LogP contribution < -0.4 is 4.90 Å². The zero-order valence-electron chi connectivity index (χ0n) is 15.7. The van der Waals surface area contributed by atoms with Gasteiger partial charge < -0.3 is 4.90 Å². The molecule has 3 heterocycles. The molecule has 1 amide bonds. The number of amides is 1. The van der Waals surface area contributed by atoms with Crippen LogP contribution >= 0.6 is 0 Å². The maximum absolute atomic E-state index is 12.5. The van der Waals surface area contributed by atoms with Crippen LogP contribution in [0.2, 0.25) is 0 Å². The maximum Gasteiger partial charge on any atom is 0.236 e. The van der Waals surface area contributed by atoms with Crippen LogP contribution in [0.3, 0.4) is 0 Å². The molecule has 1 aliphatic heterocycles. The number of aromatic nitrogens is 3.